The molecule has 1 aliphatic heterocycles. The van der Waals surface area contributed by atoms with Gasteiger partial charge in [-0.15, -0.1) is 11.6 Å². The van der Waals surface area contributed by atoms with Crippen LogP contribution in [-0.2, 0) is 10.6 Å². The van der Waals surface area contributed by atoms with Gasteiger partial charge in [0.2, 0.25) is 0 Å². The highest BCUT2D eigenvalue weighted by molar-refractivity contribution is 6.16. The Kier molecular flexibility index (Phi) is 3.86. The zero-order valence-electron chi connectivity index (χ0n) is 9.49. The minimum absolute atomic E-state index is 0.0400. The van der Waals surface area contributed by atoms with Gasteiger partial charge >= 0.3 is 5.69 Å². The Labute approximate surface area is 108 Å². The summed E-state index contributed by atoms with van der Waals surface area (Å²) < 4.78 is 6.57. The second kappa shape index (κ2) is 5.23. The molecule has 1 aromatic heterocycles. The van der Waals surface area contributed by atoms with E-state index in [4.69, 9.17) is 27.2 Å². The molecule has 0 radical (unpaired) electrons. The number of alkyl halides is 1. The Hall–Kier alpha value is -1.15. The van der Waals surface area contributed by atoms with E-state index in [9.17, 15) is 9.90 Å². The molecule has 0 saturated carbocycles. The Balaban J connectivity index is 2.42. The Morgan fingerprint density at radius 1 is 1.67 bits per heavy atom. The molecule has 0 bridgehead atoms. The van der Waals surface area contributed by atoms with Crippen LogP contribution < -0.4 is 11.4 Å². The van der Waals surface area contributed by atoms with Crippen molar-refractivity contribution >= 4 is 17.4 Å². The van der Waals surface area contributed by atoms with E-state index in [1.165, 1.54) is 10.6 Å². The molecule has 1 aliphatic rings. The Bertz CT molecular complexity index is 493. The van der Waals surface area contributed by atoms with Gasteiger partial charge in [-0.25, -0.2) is 4.79 Å². The normalized spacial score (nSPS) is 27.6. The third-order valence-corrected chi connectivity index (χ3v) is 3.09. The zero-order valence-corrected chi connectivity index (χ0v) is 10.2. The van der Waals surface area contributed by atoms with Gasteiger partial charge < -0.3 is 20.7 Å². The molecule has 1 unspecified atom stereocenters. The number of rotatable bonds is 3. The first-order chi connectivity index (χ1) is 8.56. The molecule has 18 heavy (non-hydrogen) atoms. The zero-order chi connectivity index (χ0) is 13.3. The number of nitrogen functional groups attached to an aromatic ring is 1. The molecule has 0 aromatic carbocycles. The molecular weight excluding hydrogens is 262 g/mol. The van der Waals surface area contributed by atoms with Gasteiger partial charge in [0.25, 0.3) is 0 Å². The fourth-order valence-corrected chi connectivity index (χ4v) is 2.22. The highest BCUT2D eigenvalue weighted by Crippen LogP contribution is 2.28. The van der Waals surface area contributed by atoms with Crippen molar-refractivity contribution in [2.45, 2.75) is 30.7 Å². The molecule has 2 heterocycles. The molecule has 4 N–H and O–H groups in total. The first-order valence-electron chi connectivity index (χ1n) is 5.45. The van der Waals surface area contributed by atoms with Crippen LogP contribution >= 0.6 is 11.6 Å². The predicted octanol–water partition coefficient (Wildman–Crippen LogP) is -0.795. The number of halogens is 1. The van der Waals surface area contributed by atoms with E-state index in [1.54, 1.807) is 0 Å². The first kappa shape index (κ1) is 13.3. The van der Waals surface area contributed by atoms with Crippen LogP contribution in [0.2, 0.25) is 0 Å². The van der Waals surface area contributed by atoms with E-state index >= 15 is 0 Å². The maximum absolute atomic E-state index is 11.8. The molecule has 1 aromatic rings. The molecule has 1 saturated heterocycles. The van der Waals surface area contributed by atoms with Crippen molar-refractivity contribution in [3.8, 4) is 0 Å². The van der Waals surface area contributed by atoms with E-state index in [1.807, 2.05) is 0 Å². The number of nitrogens with zero attached hydrogens (tertiary/aromatic N) is 2. The van der Waals surface area contributed by atoms with Crippen LogP contribution in [0.1, 0.15) is 18.3 Å². The van der Waals surface area contributed by atoms with Crippen molar-refractivity contribution in [3.63, 3.8) is 0 Å². The highest BCUT2D eigenvalue weighted by atomic mass is 35.5. The van der Waals surface area contributed by atoms with Crippen molar-refractivity contribution in [1.82, 2.24) is 9.55 Å². The average Bonchev–Trinajstić information content (AvgIpc) is 2.69. The van der Waals surface area contributed by atoms with E-state index in [0.717, 1.165) is 0 Å². The fourth-order valence-electron chi connectivity index (χ4n) is 2.01. The first-order valence-corrected chi connectivity index (χ1v) is 5.98. The van der Waals surface area contributed by atoms with Gasteiger partial charge in [0.15, 0.2) is 6.23 Å². The largest absolute Gasteiger partial charge is 0.394 e. The smallest absolute Gasteiger partial charge is 0.351 e. The summed E-state index contributed by atoms with van der Waals surface area (Å²) in [5, 5.41) is 18.9. The number of anilines is 1. The van der Waals surface area contributed by atoms with E-state index < -0.39 is 24.1 Å². The number of aliphatic hydroxyl groups excluding tert-OH is 2. The van der Waals surface area contributed by atoms with Crippen LogP contribution in [-0.4, -0.2) is 38.6 Å². The molecule has 1 fully saturated rings. The van der Waals surface area contributed by atoms with Crippen molar-refractivity contribution in [3.05, 3.63) is 22.2 Å². The van der Waals surface area contributed by atoms with Crippen LogP contribution in [0.3, 0.4) is 0 Å². The number of hydrogen-bond donors (Lipinski definition) is 3. The van der Waals surface area contributed by atoms with E-state index in [-0.39, 0.29) is 24.7 Å². The van der Waals surface area contributed by atoms with Crippen molar-refractivity contribution in [2.24, 2.45) is 0 Å². The van der Waals surface area contributed by atoms with E-state index in [0.29, 0.717) is 5.69 Å². The quantitative estimate of drug-likeness (QED) is 0.623. The lowest BCUT2D eigenvalue weighted by atomic mass is 10.2. The molecule has 8 heteroatoms. The molecule has 0 aliphatic carbocycles. The maximum atomic E-state index is 11.8. The summed E-state index contributed by atoms with van der Waals surface area (Å²) in [5.74, 6) is 0.108. The van der Waals surface area contributed by atoms with Gasteiger partial charge in [-0.05, 0) is 0 Å². The third-order valence-electron chi connectivity index (χ3n) is 2.82. The predicted molar refractivity (Wildman–Crippen MR) is 64.1 cm³/mol. The number of ether oxygens (including phenoxy) is 1. The summed E-state index contributed by atoms with van der Waals surface area (Å²) in [6.45, 7) is -0.221. The van der Waals surface area contributed by atoms with Crippen LogP contribution in [0.25, 0.3) is 0 Å². The topological polar surface area (TPSA) is 111 Å². The summed E-state index contributed by atoms with van der Waals surface area (Å²) in [4.78, 5) is 15.4. The van der Waals surface area contributed by atoms with Crippen LogP contribution in [0.15, 0.2) is 10.9 Å². The third kappa shape index (κ3) is 2.35. The summed E-state index contributed by atoms with van der Waals surface area (Å²) >= 11 is 5.74. The van der Waals surface area contributed by atoms with Gasteiger partial charge in [-0.3, -0.25) is 4.57 Å². The Morgan fingerprint density at radius 2 is 2.39 bits per heavy atom. The molecular formula is C10H14ClN3O4. The van der Waals surface area contributed by atoms with Gasteiger partial charge in [-0.1, -0.05) is 0 Å². The van der Waals surface area contributed by atoms with Gasteiger partial charge in [0.05, 0.1) is 18.6 Å². The number of nitrogens with two attached hydrogens (primary N) is 1. The number of aromatic nitrogens is 2. The lowest BCUT2D eigenvalue weighted by Crippen LogP contribution is -2.34. The van der Waals surface area contributed by atoms with Gasteiger partial charge in [0, 0.05) is 18.2 Å². The minimum Gasteiger partial charge on any atom is -0.394 e. The summed E-state index contributed by atoms with van der Waals surface area (Å²) in [6, 6.07) is 1.46. The van der Waals surface area contributed by atoms with Gasteiger partial charge in [0.1, 0.15) is 11.9 Å². The van der Waals surface area contributed by atoms with Crippen LogP contribution in [0.5, 0.6) is 0 Å². The lowest BCUT2D eigenvalue weighted by molar-refractivity contribution is -0.0540. The van der Waals surface area contributed by atoms with Crippen molar-refractivity contribution < 1.29 is 14.9 Å². The average molecular weight is 276 g/mol. The summed E-state index contributed by atoms with van der Waals surface area (Å²) in [7, 11) is 0. The molecule has 7 nitrogen and oxygen atoms in total. The van der Waals surface area contributed by atoms with Crippen molar-refractivity contribution in [1.29, 1.82) is 0 Å². The van der Waals surface area contributed by atoms with E-state index in [2.05, 4.69) is 4.98 Å². The highest BCUT2D eigenvalue weighted by Gasteiger charge is 2.36. The summed E-state index contributed by atoms with van der Waals surface area (Å²) in [6.07, 6.45) is -2.04. The SMILES string of the molecule is Nc1cc(CCl)n([C@@H]2O[C@H](CO)CC2O)c(=O)n1. The number of aliphatic hydroxyl groups is 2. The fraction of sp³-hybridized carbons (Fsp3) is 0.600. The standard InChI is InChI=1S/C10H14ClN3O4/c11-3-5-1-8(12)13-10(17)14(5)9-7(16)2-6(4-15)18-9/h1,6-7,9,15-16H,2-4H2,(H2,12,13,17)/t6-,7?,9+/m0/s1. The van der Waals surface area contributed by atoms with Crippen LogP contribution in [0.4, 0.5) is 5.82 Å². The summed E-state index contributed by atoms with van der Waals surface area (Å²) in [5.41, 5.74) is 5.25. The second-order valence-electron chi connectivity index (χ2n) is 4.09. The van der Waals surface area contributed by atoms with Crippen LogP contribution in [0, 0.1) is 0 Å². The monoisotopic (exact) mass is 275 g/mol. The maximum Gasteiger partial charge on any atom is 0.351 e. The Morgan fingerprint density at radius 3 is 2.94 bits per heavy atom. The molecule has 0 amide bonds. The minimum atomic E-state index is -0.896. The second-order valence-corrected chi connectivity index (χ2v) is 4.36. The number of hydrogen-bond acceptors (Lipinski definition) is 6. The molecule has 0 spiro atoms. The molecule has 3 atom stereocenters. The lowest BCUT2D eigenvalue weighted by Gasteiger charge is -2.20. The van der Waals surface area contributed by atoms with Gasteiger partial charge in [-0.2, -0.15) is 4.98 Å². The molecule has 2 rings (SSSR count). The van der Waals surface area contributed by atoms with Crippen molar-refractivity contribution in [2.75, 3.05) is 12.3 Å². The molecule has 100 valence electrons.